The van der Waals surface area contributed by atoms with Crippen molar-refractivity contribution in [2.75, 3.05) is 52.5 Å². The molecule has 0 radical (unpaired) electrons. The number of likely N-dealkylation sites (N-methyl/N-ethyl adjacent to an activating group) is 2. The number of hydrogen-bond donors (Lipinski definition) is 0. The summed E-state index contributed by atoms with van der Waals surface area (Å²) in [7, 11) is 0. The number of imide groups is 2. The minimum absolute atomic E-state index is 0.0658. The molecule has 0 atom stereocenters. The molecule has 0 aromatic rings. The van der Waals surface area contributed by atoms with Gasteiger partial charge in [0.1, 0.15) is 13.1 Å². The maximum absolute atomic E-state index is 12.2. The zero-order valence-corrected chi connectivity index (χ0v) is 26.3. The fraction of sp³-hybridized carbons (Fsp3) is 0.871. The molecule has 230 valence electrons. The van der Waals surface area contributed by atoms with Crippen molar-refractivity contribution in [3.63, 3.8) is 0 Å². The van der Waals surface area contributed by atoms with Crippen LogP contribution in [0.4, 0.5) is 9.59 Å². The number of carbonyl (C=O) groups excluding carboxylic acids is 4. The highest BCUT2D eigenvalue weighted by molar-refractivity contribution is 6.02. The summed E-state index contributed by atoms with van der Waals surface area (Å²) in [6.07, 6.45) is 11.5. The minimum Gasteiger partial charge on any atom is -0.381 e. The topological polar surface area (TPSA) is 90.5 Å². The monoisotopic (exact) mass is 564 g/mol. The lowest BCUT2D eigenvalue weighted by Crippen LogP contribution is -2.34. The van der Waals surface area contributed by atoms with Gasteiger partial charge in [0.15, 0.2) is 0 Å². The highest BCUT2D eigenvalue weighted by Crippen LogP contribution is 2.31. The van der Waals surface area contributed by atoms with E-state index in [0.29, 0.717) is 26.2 Å². The van der Waals surface area contributed by atoms with Crippen LogP contribution in [-0.4, -0.2) is 96.0 Å². The molecule has 0 aromatic heterocycles. The van der Waals surface area contributed by atoms with Crippen LogP contribution in [0.25, 0.3) is 0 Å². The Morgan fingerprint density at radius 1 is 0.575 bits per heavy atom. The molecule has 0 unspecified atom stereocenters. The van der Waals surface area contributed by atoms with Crippen molar-refractivity contribution in [1.82, 2.24) is 19.6 Å². The van der Waals surface area contributed by atoms with Crippen molar-refractivity contribution in [3.05, 3.63) is 0 Å². The van der Waals surface area contributed by atoms with E-state index in [2.05, 4.69) is 27.7 Å². The molecule has 9 nitrogen and oxygen atoms in total. The molecule has 0 aromatic carbocycles. The maximum Gasteiger partial charge on any atom is 0.327 e. The van der Waals surface area contributed by atoms with Crippen molar-refractivity contribution >= 4 is 23.9 Å². The first kappa shape index (κ1) is 34.0. The van der Waals surface area contributed by atoms with Crippen molar-refractivity contribution in [2.45, 2.75) is 112 Å². The fourth-order valence-corrected chi connectivity index (χ4v) is 5.68. The van der Waals surface area contributed by atoms with E-state index in [1.165, 1.54) is 9.80 Å². The maximum atomic E-state index is 12.2. The Morgan fingerprint density at radius 2 is 0.950 bits per heavy atom. The van der Waals surface area contributed by atoms with E-state index < -0.39 is 0 Å². The van der Waals surface area contributed by atoms with Crippen molar-refractivity contribution in [2.24, 2.45) is 10.8 Å². The lowest BCUT2D eigenvalue weighted by Gasteiger charge is -2.26. The van der Waals surface area contributed by atoms with E-state index >= 15 is 0 Å². The number of carbonyl (C=O) groups is 4. The van der Waals surface area contributed by atoms with Crippen LogP contribution >= 0.6 is 0 Å². The van der Waals surface area contributed by atoms with Crippen LogP contribution in [0.15, 0.2) is 0 Å². The predicted octanol–water partition coefficient (Wildman–Crippen LogP) is 5.91. The number of hydrogen-bond acceptors (Lipinski definition) is 5. The minimum atomic E-state index is -0.139. The van der Waals surface area contributed by atoms with Crippen molar-refractivity contribution in [3.8, 4) is 0 Å². The number of urea groups is 2. The van der Waals surface area contributed by atoms with Gasteiger partial charge in [0, 0.05) is 39.4 Å². The molecule has 2 fully saturated rings. The number of amides is 6. The Morgan fingerprint density at radius 3 is 1.35 bits per heavy atom. The van der Waals surface area contributed by atoms with Crippen molar-refractivity contribution < 1.29 is 23.9 Å². The molecule has 0 spiro atoms. The first-order valence-electron chi connectivity index (χ1n) is 15.7. The second kappa shape index (κ2) is 16.3. The van der Waals surface area contributed by atoms with Gasteiger partial charge >= 0.3 is 12.1 Å². The molecule has 0 aliphatic carbocycles. The molecule has 9 heteroatoms. The number of ether oxygens (including phenoxy) is 1. The molecule has 0 saturated carbocycles. The van der Waals surface area contributed by atoms with Crippen LogP contribution in [0.1, 0.15) is 112 Å². The third-order valence-electron chi connectivity index (χ3n) is 8.53. The van der Waals surface area contributed by atoms with E-state index in [0.717, 1.165) is 83.8 Å². The Hall–Kier alpha value is -2.16. The van der Waals surface area contributed by atoms with Gasteiger partial charge in [-0.3, -0.25) is 19.4 Å². The van der Waals surface area contributed by atoms with E-state index in [4.69, 9.17) is 4.74 Å². The number of nitrogens with zero attached hydrogens (tertiary/aromatic N) is 4. The smallest absolute Gasteiger partial charge is 0.327 e. The van der Waals surface area contributed by atoms with Gasteiger partial charge in [0.05, 0.1) is 0 Å². The van der Waals surface area contributed by atoms with Gasteiger partial charge in [0.25, 0.3) is 0 Å². The quantitative estimate of drug-likeness (QED) is 0.128. The molecule has 2 aliphatic rings. The summed E-state index contributed by atoms with van der Waals surface area (Å²) in [4.78, 5) is 54.5. The molecule has 2 heterocycles. The lowest BCUT2D eigenvalue weighted by atomic mass is 9.82. The summed E-state index contributed by atoms with van der Waals surface area (Å²) in [5, 5.41) is 0. The van der Waals surface area contributed by atoms with Crippen LogP contribution in [0.2, 0.25) is 0 Å². The molecular weight excluding hydrogens is 508 g/mol. The zero-order chi connectivity index (χ0) is 29.8. The molecule has 0 bridgehead atoms. The Bertz CT molecular complexity index is 844. The first-order chi connectivity index (χ1) is 18.9. The van der Waals surface area contributed by atoms with Crippen LogP contribution < -0.4 is 0 Å². The molecular formula is C31H56N4O5. The fourth-order valence-electron chi connectivity index (χ4n) is 5.68. The number of unbranched alkanes of at least 4 members (excludes halogenated alkanes) is 3. The van der Waals surface area contributed by atoms with Gasteiger partial charge in [-0.2, -0.15) is 0 Å². The van der Waals surface area contributed by atoms with E-state index in [1.807, 2.05) is 13.8 Å². The molecule has 6 amide bonds. The third kappa shape index (κ3) is 11.0. The predicted molar refractivity (Wildman–Crippen MR) is 158 cm³/mol. The average molecular weight is 565 g/mol. The van der Waals surface area contributed by atoms with Gasteiger partial charge in [-0.1, -0.05) is 47.0 Å². The summed E-state index contributed by atoms with van der Waals surface area (Å²) in [6, 6.07) is -0.273. The van der Waals surface area contributed by atoms with E-state index in [-0.39, 0.29) is 47.8 Å². The third-order valence-corrected chi connectivity index (χ3v) is 8.53. The highest BCUT2D eigenvalue weighted by Gasteiger charge is 2.35. The molecule has 2 saturated heterocycles. The Balaban J connectivity index is 1.45. The summed E-state index contributed by atoms with van der Waals surface area (Å²) in [5.41, 5.74) is 0.446. The van der Waals surface area contributed by atoms with Crippen LogP contribution in [0.5, 0.6) is 0 Å². The highest BCUT2D eigenvalue weighted by atomic mass is 16.5. The van der Waals surface area contributed by atoms with Gasteiger partial charge in [-0.05, 0) is 76.0 Å². The molecule has 0 N–H and O–H groups in total. The zero-order valence-electron chi connectivity index (χ0n) is 26.3. The second-order valence-electron chi connectivity index (χ2n) is 13.1. The van der Waals surface area contributed by atoms with Crippen LogP contribution in [0.3, 0.4) is 0 Å². The summed E-state index contributed by atoms with van der Waals surface area (Å²) >= 11 is 0. The molecule has 40 heavy (non-hydrogen) atoms. The van der Waals surface area contributed by atoms with Gasteiger partial charge < -0.3 is 14.5 Å². The Kier molecular flexibility index (Phi) is 13.9. The van der Waals surface area contributed by atoms with Gasteiger partial charge in [-0.25, -0.2) is 9.59 Å². The molecule has 2 rings (SSSR count). The van der Waals surface area contributed by atoms with E-state index in [9.17, 15) is 19.2 Å². The van der Waals surface area contributed by atoms with E-state index in [1.54, 1.807) is 9.80 Å². The van der Waals surface area contributed by atoms with Gasteiger partial charge in [-0.15, -0.1) is 0 Å². The standard InChI is InChI=1S/C31H56N4O5/c1-7-32-24-26(36)34(28(32)38)20-12-9-16-30(3,4)17-10-13-22-40-23-14-11-18-31(5,6)19-15-21-35-27(37)25-33(8-2)29(35)39/h7-25H2,1-6H3. The summed E-state index contributed by atoms with van der Waals surface area (Å²) < 4.78 is 5.89. The summed E-state index contributed by atoms with van der Waals surface area (Å²) in [5.74, 6) is -0.136. The summed E-state index contributed by atoms with van der Waals surface area (Å²) in [6.45, 7) is 17.2. The average Bonchev–Trinajstić information content (AvgIpc) is 3.33. The second-order valence-corrected chi connectivity index (χ2v) is 13.1. The largest absolute Gasteiger partial charge is 0.381 e. The normalized spacial score (nSPS) is 16.9. The first-order valence-corrected chi connectivity index (χ1v) is 15.7. The number of rotatable bonds is 21. The van der Waals surface area contributed by atoms with Crippen molar-refractivity contribution in [1.29, 1.82) is 0 Å². The SMILES string of the molecule is CCN1CC(=O)N(CCCCC(C)(C)CCCCOCCCCC(C)(C)CCCN2C(=O)CN(CC)C2=O)C1=O. The lowest BCUT2D eigenvalue weighted by molar-refractivity contribution is -0.126. The van der Waals surface area contributed by atoms with Gasteiger partial charge in [0.2, 0.25) is 11.8 Å². The Labute approximate surface area is 242 Å². The van der Waals surface area contributed by atoms with Crippen LogP contribution in [0, 0.1) is 10.8 Å². The molecule has 2 aliphatic heterocycles. The van der Waals surface area contributed by atoms with Crippen LogP contribution in [-0.2, 0) is 14.3 Å².